The van der Waals surface area contributed by atoms with Gasteiger partial charge in [0.25, 0.3) is 5.91 Å². The van der Waals surface area contributed by atoms with Crippen LogP contribution in [0.3, 0.4) is 0 Å². The van der Waals surface area contributed by atoms with Crippen LogP contribution in [0.5, 0.6) is 0 Å². The second-order valence-corrected chi connectivity index (χ2v) is 5.40. The smallest absolute Gasteiger partial charge is 0.251 e. The SMILES string of the molecule is C#CCN1CCC(C(=O)Nc2ccc(C(=O)NC)cc2)CC1. The third-order valence-corrected chi connectivity index (χ3v) is 3.91. The van der Waals surface area contributed by atoms with Gasteiger partial charge in [0.2, 0.25) is 5.91 Å². The number of terminal acetylenes is 1. The molecule has 5 heteroatoms. The van der Waals surface area contributed by atoms with Crippen molar-refractivity contribution in [2.24, 2.45) is 5.92 Å². The number of carbonyl (C=O) groups is 2. The summed E-state index contributed by atoms with van der Waals surface area (Å²) in [5.74, 6) is 2.55. The first-order valence-corrected chi connectivity index (χ1v) is 7.43. The van der Waals surface area contributed by atoms with Crippen LogP contribution in [0.25, 0.3) is 0 Å². The fourth-order valence-corrected chi connectivity index (χ4v) is 2.58. The zero-order valence-corrected chi connectivity index (χ0v) is 12.8. The van der Waals surface area contributed by atoms with Crippen molar-refractivity contribution in [2.45, 2.75) is 12.8 Å². The van der Waals surface area contributed by atoms with Gasteiger partial charge in [-0.3, -0.25) is 14.5 Å². The van der Waals surface area contributed by atoms with Crippen molar-refractivity contribution in [3.8, 4) is 12.3 Å². The molecule has 0 atom stereocenters. The fraction of sp³-hybridized carbons (Fsp3) is 0.412. The van der Waals surface area contributed by atoms with Gasteiger partial charge in [-0.25, -0.2) is 0 Å². The summed E-state index contributed by atoms with van der Waals surface area (Å²) >= 11 is 0. The first-order chi connectivity index (χ1) is 10.6. The quantitative estimate of drug-likeness (QED) is 0.825. The van der Waals surface area contributed by atoms with Gasteiger partial charge in [-0.1, -0.05) is 5.92 Å². The van der Waals surface area contributed by atoms with Gasteiger partial charge in [-0.05, 0) is 50.2 Å². The molecular weight excluding hydrogens is 278 g/mol. The number of rotatable bonds is 4. The molecule has 1 aliphatic heterocycles. The van der Waals surface area contributed by atoms with Crippen molar-refractivity contribution >= 4 is 17.5 Å². The minimum absolute atomic E-state index is 0.0210. The van der Waals surface area contributed by atoms with Gasteiger partial charge in [-0.2, -0.15) is 0 Å². The standard InChI is InChI=1S/C17H21N3O2/c1-3-10-20-11-8-14(9-12-20)17(22)19-15-6-4-13(5-7-15)16(21)18-2/h1,4-7,14H,8-12H2,2H3,(H,18,21)(H,19,22). The molecule has 1 aromatic rings. The van der Waals surface area contributed by atoms with Crippen LogP contribution in [-0.4, -0.2) is 43.4 Å². The van der Waals surface area contributed by atoms with Gasteiger partial charge in [0.05, 0.1) is 6.54 Å². The number of nitrogens with zero attached hydrogens (tertiary/aromatic N) is 1. The average molecular weight is 299 g/mol. The number of hydrogen-bond acceptors (Lipinski definition) is 3. The van der Waals surface area contributed by atoms with Crippen LogP contribution in [0.2, 0.25) is 0 Å². The Morgan fingerprint density at radius 2 is 1.91 bits per heavy atom. The van der Waals surface area contributed by atoms with Gasteiger partial charge in [0.1, 0.15) is 0 Å². The van der Waals surface area contributed by atoms with Crippen LogP contribution >= 0.6 is 0 Å². The van der Waals surface area contributed by atoms with Crippen molar-refractivity contribution in [1.29, 1.82) is 0 Å². The van der Waals surface area contributed by atoms with E-state index in [1.54, 1.807) is 31.3 Å². The van der Waals surface area contributed by atoms with Crippen LogP contribution in [-0.2, 0) is 4.79 Å². The Morgan fingerprint density at radius 1 is 1.27 bits per heavy atom. The summed E-state index contributed by atoms with van der Waals surface area (Å²) in [6, 6.07) is 6.89. The molecule has 22 heavy (non-hydrogen) atoms. The summed E-state index contributed by atoms with van der Waals surface area (Å²) in [4.78, 5) is 25.9. The molecule has 5 nitrogen and oxygen atoms in total. The van der Waals surface area contributed by atoms with E-state index in [4.69, 9.17) is 6.42 Å². The molecular formula is C17H21N3O2. The van der Waals surface area contributed by atoms with E-state index in [0.29, 0.717) is 17.8 Å². The van der Waals surface area contributed by atoms with Crippen LogP contribution < -0.4 is 10.6 Å². The second-order valence-electron chi connectivity index (χ2n) is 5.40. The number of nitrogens with one attached hydrogen (secondary N) is 2. The minimum Gasteiger partial charge on any atom is -0.355 e. The highest BCUT2D eigenvalue weighted by atomic mass is 16.2. The molecule has 0 unspecified atom stereocenters. The summed E-state index contributed by atoms with van der Waals surface area (Å²) in [6.45, 7) is 2.37. The molecule has 2 amide bonds. The summed E-state index contributed by atoms with van der Waals surface area (Å²) in [5.41, 5.74) is 1.28. The highest BCUT2D eigenvalue weighted by Gasteiger charge is 2.24. The van der Waals surface area contributed by atoms with Crippen molar-refractivity contribution in [1.82, 2.24) is 10.2 Å². The number of anilines is 1. The predicted octanol–water partition coefficient (Wildman–Crippen LogP) is 1.33. The lowest BCUT2D eigenvalue weighted by Crippen LogP contribution is -2.38. The average Bonchev–Trinajstić information content (AvgIpc) is 2.55. The van der Waals surface area contributed by atoms with Gasteiger partial charge in [0.15, 0.2) is 0 Å². The lowest BCUT2D eigenvalue weighted by molar-refractivity contribution is -0.121. The third kappa shape index (κ3) is 4.09. The first kappa shape index (κ1) is 16.1. The highest BCUT2D eigenvalue weighted by Crippen LogP contribution is 2.19. The third-order valence-electron chi connectivity index (χ3n) is 3.91. The van der Waals surface area contributed by atoms with Crippen LogP contribution in [0.4, 0.5) is 5.69 Å². The Labute approximate surface area is 131 Å². The van der Waals surface area contributed by atoms with E-state index in [-0.39, 0.29) is 17.7 Å². The summed E-state index contributed by atoms with van der Waals surface area (Å²) in [5, 5.41) is 5.48. The molecule has 2 N–H and O–H groups in total. The summed E-state index contributed by atoms with van der Waals surface area (Å²) in [7, 11) is 1.59. The van der Waals surface area contributed by atoms with Gasteiger partial charge >= 0.3 is 0 Å². The molecule has 0 aliphatic carbocycles. The predicted molar refractivity (Wildman–Crippen MR) is 86.5 cm³/mol. The van der Waals surface area contributed by atoms with Crippen molar-refractivity contribution in [2.75, 3.05) is 32.0 Å². The van der Waals surface area contributed by atoms with Crippen molar-refractivity contribution < 1.29 is 9.59 Å². The van der Waals surface area contributed by atoms with E-state index in [2.05, 4.69) is 21.5 Å². The zero-order chi connectivity index (χ0) is 15.9. The van der Waals surface area contributed by atoms with E-state index in [0.717, 1.165) is 25.9 Å². The zero-order valence-electron chi connectivity index (χ0n) is 12.8. The monoisotopic (exact) mass is 299 g/mol. The van der Waals surface area contributed by atoms with E-state index in [1.807, 2.05) is 0 Å². The molecule has 0 aromatic heterocycles. The van der Waals surface area contributed by atoms with Gasteiger partial charge in [-0.15, -0.1) is 6.42 Å². The topological polar surface area (TPSA) is 61.4 Å². The molecule has 1 heterocycles. The number of carbonyl (C=O) groups excluding carboxylic acids is 2. The number of benzene rings is 1. The molecule has 1 fully saturated rings. The summed E-state index contributed by atoms with van der Waals surface area (Å²) in [6.07, 6.45) is 6.95. The van der Waals surface area contributed by atoms with Crippen molar-refractivity contribution in [3.05, 3.63) is 29.8 Å². The molecule has 1 aromatic carbocycles. The lowest BCUT2D eigenvalue weighted by Gasteiger charge is -2.29. The number of likely N-dealkylation sites (tertiary alicyclic amines) is 1. The van der Waals surface area contributed by atoms with Crippen molar-refractivity contribution in [3.63, 3.8) is 0 Å². The first-order valence-electron chi connectivity index (χ1n) is 7.43. The summed E-state index contributed by atoms with van der Waals surface area (Å²) < 4.78 is 0. The fourth-order valence-electron chi connectivity index (χ4n) is 2.58. The van der Waals surface area contributed by atoms with E-state index < -0.39 is 0 Å². The van der Waals surface area contributed by atoms with Gasteiger partial charge in [0, 0.05) is 24.2 Å². The Balaban J connectivity index is 1.87. The molecule has 1 aliphatic rings. The number of piperidine rings is 1. The largest absolute Gasteiger partial charge is 0.355 e. The van der Waals surface area contributed by atoms with Crippen LogP contribution in [0, 0.1) is 18.3 Å². The van der Waals surface area contributed by atoms with E-state index >= 15 is 0 Å². The molecule has 0 radical (unpaired) electrons. The Bertz CT molecular complexity index is 567. The maximum absolute atomic E-state index is 12.3. The second kappa shape index (κ2) is 7.62. The lowest BCUT2D eigenvalue weighted by atomic mass is 9.96. The number of amides is 2. The molecule has 116 valence electrons. The van der Waals surface area contributed by atoms with Gasteiger partial charge < -0.3 is 10.6 Å². The molecule has 0 saturated carbocycles. The van der Waals surface area contributed by atoms with Crippen LogP contribution in [0.15, 0.2) is 24.3 Å². The highest BCUT2D eigenvalue weighted by molar-refractivity contribution is 5.96. The molecule has 0 spiro atoms. The Morgan fingerprint density at radius 3 is 2.45 bits per heavy atom. The molecule has 0 bridgehead atoms. The molecule has 2 rings (SSSR count). The molecule has 1 saturated heterocycles. The minimum atomic E-state index is -0.140. The van der Waals surface area contributed by atoms with E-state index in [9.17, 15) is 9.59 Å². The van der Waals surface area contributed by atoms with E-state index in [1.165, 1.54) is 0 Å². The maximum atomic E-state index is 12.3. The Hall–Kier alpha value is -2.32. The number of hydrogen-bond donors (Lipinski definition) is 2. The maximum Gasteiger partial charge on any atom is 0.251 e. The Kier molecular flexibility index (Phi) is 5.56. The van der Waals surface area contributed by atoms with Crippen LogP contribution in [0.1, 0.15) is 23.2 Å². The normalized spacial score (nSPS) is 15.8.